The Labute approximate surface area is 214 Å². The summed E-state index contributed by atoms with van der Waals surface area (Å²) < 4.78 is 10.7. The van der Waals surface area contributed by atoms with E-state index in [2.05, 4.69) is 0 Å². The Balaban J connectivity index is 1.62. The molecule has 0 aliphatic carbocycles. The molecule has 0 unspecified atom stereocenters. The monoisotopic (exact) mass is 519 g/mol. The summed E-state index contributed by atoms with van der Waals surface area (Å²) in [5.41, 5.74) is 1.30. The first-order chi connectivity index (χ1) is 16.8. The van der Waals surface area contributed by atoms with E-state index >= 15 is 0 Å². The molecule has 1 aliphatic rings. The van der Waals surface area contributed by atoms with Crippen molar-refractivity contribution >= 4 is 52.5 Å². The fourth-order valence-electron chi connectivity index (χ4n) is 3.66. The normalized spacial score (nSPS) is 16.1. The molecule has 2 atom stereocenters. The second-order valence-electron chi connectivity index (χ2n) is 8.22. The van der Waals surface area contributed by atoms with E-state index in [4.69, 9.17) is 32.7 Å². The first kappa shape index (κ1) is 26.7. The van der Waals surface area contributed by atoms with Gasteiger partial charge >= 0.3 is 11.9 Å². The lowest BCUT2D eigenvalue weighted by atomic mass is 10.0. The van der Waals surface area contributed by atoms with E-state index in [0.29, 0.717) is 28.4 Å². The van der Waals surface area contributed by atoms with Crippen LogP contribution in [0.5, 0.6) is 0 Å². The van der Waals surface area contributed by atoms with Gasteiger partial charge in [0.15, 0.2) is 6.10 Å². The lowest BCUT2D eigenvalue weighted by Gasteiger charge is -2.19. The third kappa shape index (κ3) is 7.05. The highest BCUT2D eigenvalue weighted by Gasteiger charge is 2.38. The van der Waals surface area contributed by atoms with Gasteiger partial charge in [-0.2, -0.15) is 0 Å². The molecule has 0 bridgehead atoms. The number of benzene rings is 2. The van der Waals surface area contributed by atoms with E-state index in [1.165, 1.54) is 4.90 Å². The van der Waals surface area contributed by atoms with Crippen LogP contribution in [-0.2, 0) is 19.1 Å². The second kappa shape index (κ2) is 12.7. The van der Waals surface area contributed by atoms with Crippen LogP contribution in [0.2, 0.25) is 5.02 Å². The van der Waals surface area contributed by atoms with Gasteiger partial charge in [0.2, 0.25) is 11.7 Å². The average molecular weight is 520 g/mol. The molecule has 0 radical (unpaired) electrons. The van der Waals surface area contributed by atoms with Gasteiger partial charge in [0.1, 0.15) is 0 Å². The zero-order chi connectivity index (χ0) is 25.4. The van der Waals surface area contributed by atoms with Crippen LogP contribution < -0.4 is 4.90 Å². The van der Waals surface area contributed by atoms with E-state index < -0.39 is 24.0 Å². The van der Waals surface area contributed by atoms with E-state index in [1.54, 1.807) is 48.5 Å². The number of Topliss-reactive ketones (excluding diaryl/α,β-unsaturated/α-hetero) is 1. The molecule has 0 aromatic heterocycles. The lowest BCUT2D eigenvalue weighted by molar-refractivity contribution is -0.151. The largest absolute Gasteiger partial charge is 0.462 e. The maximum Gasteiger partial charge on any atom is 0.338 e. The molecule has 1 saturated heterocycles. The molecule has 7 nitrogen and oxygen atoms in total. The van der Waals surface area contributed by atoms with Gasteiger partial charge in [-0.05, 0) is 55.0 Å². The Kier molecular flexibility index (Phi) is 9.69. The molecule has 1 amide bonds. The molecule has 186 valence electrons. The first-order valence-corrected chi connectivity index (χ1v) is 12.4. The summed E-state index contributed by atoms with van der Waals surface area (Å²) in [5.74, 6) is -2.28. The number of rotatable bonds is 11. The number of hydrogen-bond acceptors (Lipinski definition) is 6. The third-order valence-electron chi connectivity index (χ3n) is 5.65. The summed E-state index contributed by atoms with van der Waals surface area (Å²) >= 11 is 11.7. The molecule has 2 aromatic rings. The summed E-state index contributed by atoms with van der Waals surface area (Å²) in [5, 5.41) is 0.485. The Morgan fingerprint density at radius 3 is 2.34 bits per heavy atom. The molecule has 0 saturated carbocycles. The number of hydrogen-bond donors (Lipinski definition) is 0. The number of unbranched alkanes of at least 4 members (excludes halogenated alkanes) is 1. The predicted molar refractivity (Wildman–Crippen MR) is 133 cm³/mol. The Bertz CT molecular complexity index is 1050. The number of esters is 2. The predicted octanol–water partition coefficient (Wildman–Crippen LogP) is 5.07. The van der Waals surface area contributed by atoms with Gasteiger partial charge in [-0.3, -0.25) is 14.4 Å². The van der Waals surface area contributed by atoms with E-state index in [9.17, 15) is 19.2 Å². The molecule has 35 heavy (non-hydrogen) atoms. The summed E-state index contributed by atoms with van der Waals surface area (Å²) in [6.45, 7) is 2.48. The van der Waals surface area contributed by atoms with Crippen molar-refractivity contribution in [3.8, 4) is 0 Å². The summed E-state index contributed by atoms with van der Waals surface area (Å²) in [6, 6.07) is 12.7. The number of halogens is 2. The van der Waals surface area contributed by atoms with Gasteiger partial charge in [0, 0.05) is 41.5 Å². The Hall–Kier alpha value is -2.90. The minimum absolute atomic E-state index is 0.0393. The number of nitrogens with zero attached hydrogens (tertiary/aromatic N) is 1. The van der Waals surface area contributed by atoms with Gasteiger partial charge in [-0.15, -0.1) is 11.6 Å². The van der Waals surface area contributed by atoms with Crippen LogP contribution in [0.1, 0.15) is 53.3 Å². The maximum atomic E-state index is 12.8. The molecule has 1 heterocycles. The van der Waals surface area contributed by atoms with E-state index in [0.717, 1.165) is 12.8 Å². The lowest BCUT2D eigenvalue weighted by Crippen LogP contribution is -2.32. The molecule has 0 N–H and O–H groups in total. The highest BCUT2D eigenvalue weighted by molar-refractivity contribution is 6.30. The highest BCUT2D eigenvalue weighted by atomic mass is 35.5. The fraction of sp³-hybridized carbons (Fsp3) is 0.385. The zero-order valence-corrected chi connectivity index (χ0v) is 20.9. The van der Waals surface area contributed by atoms with Gasteiger partial charge in [0.05, 0.1) is 18.1 Å². The summed E-state index contributed by atoms with van der Waals surface area (Å²) in [7, 11) is 0. The van der Waals surface area contributed by atoms with Crippen molar-refractivity contribution in [3.63, 3.8) is 0 Å². The van der Waals surface area contributed by atoms with Crippen molar-refractivity contribution in [2.45, 2.75) is 38.7 Å². The van der Waals surface area contributed by atoms with Gasteiger partial charge in [-0.25, -0.2) is 4.79 Å². The van der Waals surface area contributed by atoms with Crippen LogP contribution in [0.4, 0.5) is 5.69 Å². The molecule has 2 aromatic carbocycles. The Morgan fingerprint density at radius 2 is 1.71 bits per heavy atom. The minimum Gasteiger partial charge on any atom is -0.462 e. The van der Waals surface area contributed by atoms with E-state index in [1.807, 2.05) is 6.92 Å². The standard InChI is InChI=1S/C26H27Cl2NO6/c1-2-3-14-34-25(32)18-6-10-21(11-7-18)29-16-19(15-23(29)30)26(33)35-22(12-13-27)24(31)17-4-8-20(28)9-5-17/h4-11,19,22H,2-3,12-16H2,1H3/t19-,22-/m0/s1. The summed E-state index contributed by atoms with van der Waals surface area (Å²) in [4.78, 5) is 51.8. The number of ketones is 1. The van der Waals surface area contributed by atoms with Crippen molar-refractivity contribution in [2.24, 2.45) is 5.92 Å². The smallest absolute Gasteiger partial charge is 0.338 e. The van der Waals surface area contributed by atoms with Crippen molar-refractivity contribution < 1.29 is 28.7 Å². The molecule has 0 spiro atoms. The quantitative estimate of drug-likeness (QED) is 0.178. The van der Waals surface area contributed by atoms with Crippen molar-refractivity contribution in [2.75, 3.05) is 23.9 Å². The number of ether oxygens (including phenoxy) is 2. The molecular formula is C26H27Cl2NO6. The highest BCUT2D eigenvalue weighted by Crippen LogP contribution is 2.27. The third-order valence-corrected chi connectivity index (χ3v) is 6.13. The van der Waals surface area contributed by atoms with Gasteiger partial charge in [0.25, 0.3) is 0 Å². The number of carbonyl (C=O) groups is 4. The Morgan fingerprint density at radius 1 is 1.06 bits per heavy atom. The fourth-order valence-corrected chi connectivity index (χ4v) is 3.99. The maximum absolute atomic E-state index is 12.8. The van der Waals surface area contributed by atoms with Crippen LogP contribution in [-0.4, -0.2) is 48.8 Å². The van der Waals surface area contributed by atoms with Crippen molar-refractivity contribution in [1.29, 1.82) is 0 Å². The average Bonchev–Trinajstić information content (AvgIpc) is 3.25. The van der Waals surface area contributed by atoms with Crippen LogP contribution >= 0.6 is 23.2 Å². The molecular weight excluding hydrogens is 493 g/mol. The van der Waals surface area contributed by atoms with E-state index in [-0.39, 0.29) is 37.0 Å². The zero-order valence-electron chi connectivity index (χ0n) is 19.4. The number of anilines is 1. The van der Waals surface area contributed by atoms with Crippen LogP contribution in [0.25, 0.3) is 0 Å². The van der Waals surface area contributed by atoms with Crippen LogP contribution in [0, 0.1) is 5.92 Å². The SMILES string of the molecule is CCCCOC(=O)c1ccc(N2C[C@@H](C(=O)O[C@@H](CCCl)C(=O)c3ccc(Cl)cc3)CC2=O)cc1. The molecule has 1 fully saturated rings. The van der Waals surface area contributed by atoms with Gasteiger partial charge in [-0.1, -0.05) is 24.9 Å². The number of alkyl halides is 1. The van der Waals surface area contributed by atoms with Crippen LogP contribution in [0.3, 0.4) is 0 Å². The topological polar surface area (TPSA) is 90.0 Å². The molecule has 9 heteroatoms. The van der Waals surface area contributed by atoms with Crippen LogP contribution in [0.15, 0.2) is 48.5 Å². The molecule has 3 rings (SSSR count). The second-order valence-corrected chi connectivity index (χ2v) is 9.03. The van der Waals surface area contributed by atoms with Crippen molar-refractivity contribution in [3.05, 3.63) is 64.7 Å². The summed E-state index contributed by atoms with van der Waals surface area (Å²) in [6.07, 6.45) is 0.774. The van der Waals surface area contributed by atoms with Crippen molar-refractivity contribution in [1.82, 2.24) is 0 Å². The molecule has 1 aliphatic heterocycles. The van der Waals surface area contributed by atoms with Gasteiger partial charge < -0.3 is 14.4 Å². The minimum atomic E-state index is -1.05. The number of carbonyl (C=O) groups excluding carboxylic acids is 4. The number of amides is 1. The first-order valence-electron chi connectivity index (χ1n) is 11.5.